The topological polar surface area (TPSA) is 36.3 Å². The van der Waals surface area contributed by atoms with Gasteiger partial charge in [-0.25, -0.2) is 4.98 Å². The van der Waals surface area contributed by atoms with Crippen LogP contribution in [-0.4, -0.2) is 28.6 Å². The molecule has 166 valence electrons. The van der Waals surface area contributed by atoms with Crippen LogP contribution in [0.1, 0.15) is 77.8 Å². The number of hydrogen-bond donors (Lipinski definition) is 0. The monoisotopic (exact) mass is 412 g/mol. The van der Waals surface area contributed by atoms with Crippen molar-refractivity contribution in [3.8, 4) is 0 Å². The number of rotatable bonds is 9. The number of aromatic nitrogens is 2. The summed E-state index contributed by atoms with van der Waals surface area (Å²) in [4.78, 5) is 4.18. The summed E-state index contributed by atoms with van der Waals surface area (Å²) in [6.45, 7) is 13.7. The lowest BCUT2D eigenvalue weighted by Crippen LogP contribution is -2.51. The van der Waals surface area contributed by atoms with Crippen LogP contribution in [-0.2, 0) is 27.9 Å². The fourth-order valence-corrected chi connectivity index (χ4v) is 4.61. The lowest BCUT2D eigenvalue weighted by molar-refractivity contribution is -0.309. The smallest absolute Gasteiger partial charge is 0.174 e. The van der Waals surface area contributed by atoms with Gasteiger partial charge in [0.2, 0.25) is 0 Å². The number of hydrogen-bond acceptors (Lipinski definition) is 3. The third-order valence-electron chi connectivity index (χ3n) is 6.45. The molecule has 1 aliphatic rings. The van der Waals surface area contributed by atoms with E-state index < -0.39 is 5.79 Å². The molecule has 0 aliphatic carbocycles. The molecule has 0 amide bonds. The highest BCUT2D eigenvalue weighted by molar-refractivity contribution is 5.28. The van der Waals surface area contributed by atoms with E-state index in [0.717, 1.165) is 32.6 Å². The van der Waals surface area contributed by atoms with E-state index >= 15 is 0 Å². The first-order chi connectivity index (χ1) is 14.3. The number of aryl methyl sites for hydroxylation is 1. The molecule has 0 saturated carbocycles. The van der Waals surface area contributed by atoms with Crippen molar-refractivity contribution in [2.75, 3.05) is 13.2 Å². The van der Waals surface area contributed by atoms with Gasteiger partial charge in [0.15, 0.2) is 5.79 Å². The maximum Gasteiger partial charge on any atom is 0.174 e. The average Bonchev–Trinajstić information content (AvgIpc) is 3.23. The van der Waals surface area contributed by atoms with Crippen LogP contribution in [0.25, 0.3) is 0 Å². The summed E-state index contributed by atoms with van der Waals surface area (Å²) < 4.78 is 15.4. The highest BCUT2D eigenvalue weighted by Crippen LogP contribution is 2.40. The number of ether oxygens (including phenoxy) is 2. The van der Waals surface area contributed by atoms with Crippen LogP contribution >= 0.6 is 0 Å². The van der Waals surface area contributed by atoms with E-state index in [-0.39, 0.29) is 10.8 Å². The highest BCUT2D eigenvalue weighted by atomic mass is 16.7. The zero-order valence-corrected chi connectivity index (χ0v) is 19.6. The average molecular weight is 413 g/mol. The van der Waals surface area contributed by atoms with Gasteiger partial charge in [0.05, 0.1) is 19.5 Å². The molecule has 1 fully saturated rings. The van der Waals surface area contributed by atoms with E-state index in [0.29, 0.717) is 0 Å². The third kappa shape index (κ3) is 5.73. The van der Waals surface area contributed by atoms with E-state index in [1.165, 1.54) is 36.8 Å². The zero-order valence-electron chi connectivity index (χ0n) is 19.6. The van der Waals surface area contributed by atoms with Crippen LogP contribution in [0.5, 0.6) is 0 Å². The van der Waals surface area contributed by atoms with E-state index in [1.807, 2.05) is 18.7 Å². The summed E-state index contributed by atoms with van der Waals surface area (Å²) in [7, 11) is 0. The van der Waals surface area contributed by atoms with Crippen molar-refractivity contribution in [3.63, 3.8) is 0 Å². The zero-order chi connectivity index (χ0) is 21.7. The molecule has 1 saturated heterocycles. The van der Waals surface area contributed by atoms with Crippen LogP contribution in [0, 0.1) is 5.41 Å². The molecular formula is C26H40N2O2. The second kappa shape index (κ2) is 9.65. The molecule has 2 heterocycles. The Balaban J connectivity index is 1.76. The largest absolute Gasteiger partial charge is 0.349 e. The van der Waals surface area contributed by atoms with Crippen molar-refractivity contribution >= 4 is 0 Å². The molecule has 0 N–H and O–H groups in total. The van der Waals surface area contributed by atoms with Crippen LogP contribution in [0.3, 0.4) is 0 Å². The minimum atomic E-state index is -0.571. The fourth-order valence-electron chi connectivity index (χ4n) is 4.61. The Labute approximate surface area is 183 Å². The molecule has 2 aromatic rings. The molecule has 4 nitrogen and oxygen atoms in total. The summed E-state index contributed by atoms with van der Waals surface area (Å²) in [6.07, 6.45) is 12.0. The number of benzene rings is 1. The molecule has 0 atom stereocenters. The predicted molar refractivity (Wildman–Crippen MR) is 123 cm³/mol. The molecule has 4 heteroatoms. The van der Waals surface area contributed by atoms with Gasteiger partial charge >= 0.3 is 0 Å². The Morgan fingerprint density at radius 1 is 0.967 bits per heavy atom. The first-order valence-electron chi connectivity index (χ1n) is 11.6. The first-order valence-corrected chi connectivity index (χ1v) is 11.6. The summed E-state index contributed by atoms with van der Waals surface area (Å²) >= 11 is 0. The second-order valence-corrected chi connectivity index (χ2v) is 10.2. The van der Waals surface area contributed by atoms with E-state index in [2.05, 4.69) is 68.4 Å². The van der Waals surface area contributed by atoms with Crippen LogP contribution in [0.15, 0.2) is 43.0 Å². The Kier molecular flexibility index (Phi) is 7.41. The van der Waals surface area contributed by atoms with Crippen molar-refractivity contribution in [1.82, 2.24) is 9.55 Å². The van der Waals surface area contributed by atoms with Gasteiger partial charge in [-0.15, -0.1) is 0 Å². The Hall–Kier alpha value is -1.65. The van der Waals surface area contributed by atoms with E-state index in [9.17, 15) is 0 Å². The van der Waals surface area contributed by atoms with Gasteiger partial charge in [0.25, 0.3) is 0 Å². The van der Waals surface area contributed by atoms with E-state index in [1.54, 1.807) is 0 Å². The molecular weight excluding hydrogens is 372 g/mol. The molecule has 0 spiro atoms. The molecule has 0 bridgehead atoms. The van der Waals surface area contributed by atoms with Crippen molar-refractivity contribution in [1.29, 1.82) is 0 Å². The minimum Gasteiger partial charge on any atom is -0.349 e. The van der Waals surface area contributed by atoms with Crippen LogP contribution in [0.2, 0.25) is 0 Å². The SMILES string of the molecule is CCCC1(CCC)COC(CCn2ccnc2)(Cc2ccc(C(C)(C)C)cc2)OC1. The maximum absolute atomic E-state index is 6.63. The molecule has 0 radical (unpaired) electrons. The maximum atomic E-state index is 6.63. The van der Waals surface area contributed by atoms with Crippen LogP contribution in [0.4, 0.5) is 0 Å². The molecule has 0 unspecified atom stereocenters. The predicted octanol–water partition coefficient (Wildman–Crippen LogP) is 6.14. The van der Waals surface area contributed by atoms with Gasteiger partial charge < -0.3 is 14.0 Å². The summed E-state index contributed by atoms with van der Waals surface area (Å²) in [5, 5.41) is 0. The number of imidazole rings is 1. The fraction of sp³-hybridized carbons (Fsp3) is 0.654. The Bertz CT molecular complexity index is 743. The quantitative estimate of drug-likeness (QED) is 0.496. The van der Waals surface area contributed by atoms with E-state index in [4.69, 9.17) is 9.47 Å². The first kappa shape index (κ1) is 23.0. The second-order valence-electron chi connectivity index (χ2n) is 10.2. The van der Waals surface area contributed by atoms with Crippen molar-refractivity contribution < 1.29 is 9.47 Å². The lowest BCUT2D eigenvalue weighted by atomic mass is 9.79. The molecule has 30 heavy (non-hydrogen) atoms. The third-order valence-corrected chi connectivity index (χ3v) is 6.45. The van der Waals surface area contributed by atoms with Gasteiger partial charge in [0.1, 0.15) is 0 Å². The minimum absolute atomic E-state index is 0.162. The Morgan fingerprint density at radius 3 is 2.10 bits per heavy atom. The van der Waals surface area contributed by atoms with Gasteiger partial charge in [-0.3, -0.25) is 0 Å². The molecule has 3 rings (SSSR count). The standard InChI is InChI=1S/C26H40N2O2/c1-6-12-25(13-7-2)19-29-26(30-20-25,14-16-28-17-15-27-21-28)18-22-8-10-23(11-9-22)24(3,4)5/h8-11,15,17,21H,6-7,12-14,16,18-20H2,1-5H3. The molecule has 1 aliphatic heterocycles. The van der Waals surface area contributed by atoms with Gasteiger partial charge in [-0.1, -0.05) is 71.7 Å². The van der Waals surface area contributed by atoms with Gasteiger partial charge in [-0.2, -0.15) is 0 Å². The Morgan fingerprint density at radius 2 is 1.60 bits per heavy atom. The molecule has 1 aromatic heterocycles. The summed E-state index contributed by atoms with van der Waals surface area (Å²) in [5.41, 5.74) is 2.95. The summed E-state index contributed by atoms with van der Waals surface area (Å²) in [6, 6.07) is 8.98. The number of nitrogens with zero attached hydrogens (tertiary/aromatic N) is 2. The normalized spacial score (nSPS) is 18.4. The molecule has 1 aromatic carbocycles. The highest BCUT2D eigenvalue weighted by Gasteiger charge is 2.43. The van der Waals surface area contributed by atoms with Crippen LogP contribution < -0.4 is 0 Å². The lowest BCUT2D eigenvalue weighted by Gasteiger charge is -2.47. The van der Waals surface area contributed by atoms with Crippen molar-refractivity contribution in [2.24, 2.45) is 5.41 Å². The van der Waals surface area contributed by atoms with Gasteiger partial charge in [0, 0.05) is 37.2 Å². The van der Waals surface area contributed by atoms with Crippen molar-refractivity contribution in [3.05, 3.63) is 54.1 Å². The van der Waals surface area contributed by atoms with Gasteiger partial charge in [-0.05, 0) is 29.4 Å². The van der Waals surface area contributed by atoms with Crippen molar-refractivity contribution in [2.45, 2.75) is 90.9 Å². The summed E-state index contributed by atoms with van der Waals surface area (Å²) in [5.74, 6) is -0.571.